The molecular weight excluding hydrogens is 212 g/mol. The molecule has 1 heterocycles. The van der Waals surface area contributed by atoms with Gasteiger partial charge in [-0.1, -0.05) is 0 Å². The zero-order valence-corrected chi connectivity index (χ0v) is 12.2. The van der Waals surface area contributed by atoms with Crippen LogP contribution < -0.4 is 5.32 Å². The molecule has 1 atom stereocenters. The Bertz CT molecular complexity index is 365. The molecule has 0 amide bonds. The first-order valence-corrected chi connectivity index (χ1v) is 6.15. The van der Waals surface area contributed by atoms with Crippen LogP contribution in [-0.2, 0) is 7.05 Å². The molecule has 0 aliphatic heterocycles. The topological polar surface area (TPSA) is 33.1 Å². The third-order valence-electron chi connectivity index (χ3n) is 3.57. The van der Waals surface area contributed by atoms with Crippen molar-refractivity contribution in [3.05, 3.63) is 17.5 Å². The van der Waals surface area contributed by atoms with Gasteiger partial charge >= 0.3 is 0 Å². The Kier molecular flexibility index (Phi) is 4.33. The minimum atomic E-state index is 0.157. The van der Waals surface area contributed by atoms with E-state index in [0.717, 1.165) is 12.2 Å². The van der Waals surface area contributed by atoms with E-state index in [1.54, 1.807) is 0 Å². The lowest BCUT2D eigenvalue weighted by molar-refractivity contribution is 0.185. The first-order chi connectivity index (χ1) is 7.74. The summed E-state index contributed by atoms with van der Waals surface area (Å²) >= 11 is 0. The number of likely N-dealkylation sites (N-methyl/N-ethyl adjacent to an activating group) is 1. The van der Waals surface area contributed by atoms with Crippen molar-refractivity contribution in [3.63, 3.8) is 0 Å². The first-order valence-electron chi connectivity index (χ1n) is 6.15. The predicted molar refractivity (Wildman–Crippen MR) is 72.1 cm³/mol. The maximum absolute atomic E-state index is 4.38. The highest BCUT2D eigenvalue weighted by atomic mass is 15.3. The quantitative estimate of drug-likeness (QED) is 0.848. The summed E-state index contributed by atoms with van der Waals surface area (Å²) in [5, 5.41) is 7.96. The van der Waals surface area contributed by atoms with Crippen molar-refractivity contribution in [1.82, 2.24) is 20.0 Å². The zero-order valence-electron chi connectivity index (χ0n) is 12.2. The summed E-state index contributed by atoms with van der Waals surface area (Å²) in [6, 6.07) is 0.336. The molecule has 0 fully saturated rings. The van der Waals surface area contributed by atoms with Gasteiger partial charge in [0.05, 0.1) is 5.69 Å². The van der Waals surface area contributed by atoms with Crippen molar-refractivity contribution in [1.29, 1.82) is 0 Å². The summed E-state index contributed by atoms with van der Waals surface area (Å²) in [5.74, 6) is 0. The second kappa shape index (κ2) is 5.19. The number of rotatable bonds is 5. The van der Waals surface area contributed by atoms with Crippen LogP contribution in [0.3, 0.4) is 0 Å². The molecule has 17 heavy (non-hydrogen) atoms. The maximum atomic E-state index is 4.38. The average Bonchev–Trinajstić information content (AvgIpc) is 2.54. The summed E-state index contributed by atoms with van der Waals surface area (Å²) in [4.78, 5) is 2.24. The molecule has 1 aromatic rings. The van der Waals surface area contributed by atoms with Crippen LogP contribution in [0.15, 0.2) is 6.20 Å². The third-order valence-corrected chi connectivity index (χ3v) is 3.57. The molecule has 0 aliphatic carbocycles. The van der Waals surface area contributed by atoms with E-state index in [0.29, 0.717) is 6.04 Å². The van der Waals surface area contributed by atoms with Crippen LogP contribution in [-0.4, -0.2) is 40.9 Å². The van der Waals surface area contributed by atoms with Gasteiger partial charge in [0.25, 0.3) is 0 Å². The summed E-state index contributed by atoms with van der Waals surface area (Å²) in [6.45, 7) is 9.68. The van der Waals surface area contributed by atoms with Crippen molar-refractivity contribution >= 4 is 0 Å². The van der Waals surface area contributed by atoms with E-state index < -0.39 is 0 Å². The van der Waals surface area contributed by atoms with Gasteiger partial charge in [-0.05, 0) is 41.8 Å². The molecule has 1 aromatic heterocycles. The molecule has 1 N–H and O–H groups in total. The number of hydrogen-bond donors (Lipinski definition) is 1. The minimum Gasteiger partial charge on any atom is -0.308 e. The summed E-state index contributed by atoms with van der Waals surface area (Å²) in [6.07, 6.45) is 2.09. The lowest BCUT2D eigenvalue weighted by atomic mass is 10.0. The second-order valence-corrected chi connectivity index (χ2v) is 5.65. The van der Waals surface area contributed by atoms with E-state index in [9.17, 15) is 0 Å². The van der Waals surface area contributed by atoms with Crippen molar-refractivity contribution < 1.29 is 0 Å². The number of aromatic nitrogens is 2. The monoisotopic (exact) mass is 238 g/mol. The molecule has 0 spiro atoms. The fourth-order valence-electron chi connectivity index (χ4n) is 1.71. The van der Waals surface area contributed by atoms with Crippen LogP contribution in [0.2, 0.25) is 0 Å². The van der Waals surface area contributed by atoms with E-state index >= 15 is 0 Å². The second-order valence-electron chi connectivity index (χ2n) is 5.65. The van der Waals surface area contributed by atoms with E-state index in [2.05, 4.69) is 63.3 Å². The zero-order chi connectivity index (χ0) is 13.2. The van der Waals surface area contributed by atoms with Crippen LogP contribution in [0.1, 0.15) is 38.1 Å². The number of hydrogen-bond acceptors (Lipinski definition) is 3. The molecular formula is C13H26N4. The molecule has 1 rings (SSSR count). The van der Waals surface area contributed by atoms with Crippen molar-refractivity contribution in [2.24, 2.45) is 7.05 Å². The van der Waals surface area contributed by atoms with Gasteiger partial charge in [-0.15, -0.1) is 0 Å². The van der Waals surface area contributed by atoms with E-state index in [1.165, 1.54) is 5.56 Å². The van der Waals surface area contributed by atoms with Crippen LogP contribution in [0.5, 0.6) is 0 Å². The summed E-state index contributed by atoms with van der Waals surface area (Å²) in [7, 11) is 6.19. The molecule has 1 unspecified atom stereocenters. The van der Waals surface area contributed by atoms with Gasteiger partial charge < -0.3 is 10.2 Å². The van der Waals surface area contributed by atoms with Gasteiger partial charge in [0.1, 0.15) is 0 Å². The SMILES string of the molecule is Cc1nn(C)cc1C(C)NCC(C)(C)N(C)C. The van der Waals surface area contributed by atoms with E-state index in [-0.39, 0.29) is 5.54 Å². The van der Waals surface area contributed by atoms with Gasteiger partial charge in [0.15, 0.2) is 0 Å². The van der Waals surface area contributed by atoms with Crippen LogP contribution in [0, 0.1) is 6.92 Å². The number of aryl methyl sites for hydroxylation is 2. The molecule has 4 nitrogen and oxygen atoms in total. The molecule has 4 heteroatoms. The summed E-state index contributed by atoms with van der Waals surface area (Å²) in [5.41, 5.74) is 2.54. The standard InChI is InChI=1S/C13H26N4/c1-10(12-8-17(7)15-11(12)2)14-9-13(3,4)16(5)6/h8,10,14H,9H2,1-7H3. The van der Waals surface area contributed by atoms with Gasteiger partial charge in [-0.25, -0.2) is 0 Å². The Hall–Kier alpha value is -0.870. The smallest absolute Gasteiger partial charge is 0.0641 e. The Morgan fingerprint density at radius 3 is 2.47 bits per heavy atom. The van der Waals surface area contributed by atoms with Crippen molar-refractivity contribution in [2.75, 3.05) is 20.6 Å². The Balaban J connectivity index is 2.62. The van der Waals surface area contributed by atoms with Crippen molar-refractivity contribution in [2.45, 2.75) is 39.3 Å². The molecule has 0 saturated carbocycles. The predicted octanol–water partition coefficient (Wildman–Crippen LogP) is 1.72. The van der Waals surface area contributed by atoms with Crippen LogP contribution in [0.25, 0.3) is 0 Å². The largest absolute Gasteiger partial charge is 0.308 e. The van der Waals surface area contributed by atoms with Crippen LogP contribution in [0.4, 0.5) is 0 Å². The minimum absolute atomic E-state index is 0.157. The molecule has 98 valence electrons. The average molecular weight is 238 g/mol. The molecule has 0 radical (unpaired) electrons. The normalized spacial score (nSPS) is 14.4. The van der Waals surface area contributed by atoms with Crippen molar-refractivity contribution in [3.8, 4) is 0 Å². The van der Waals surface area contributed by atoms with Gasteiger partial charge in [0, 0.05) is 36.9 Å². The lowest BCUT2D eigenvalue weighted by Gasteiger charge is -2.34. The highest BCUT2D eigenvalue weighted by Crippen LogP contribution is 2.17. The Morgan fingerprint density at radius 2 is 2.06 bits per heavy atom. The summed E-state index contributed by atoms with van der Waals surface area (Å²) < 4.78 is 1.87. The lowest BCUT2D eigenvalue weighted by Crippen LogP contribution is -2.47. The van der Waals surface area contributed by atoms with Gasteiger partial charge in [-0.2, -0.15) is 5.10 Å². The number of nitrogens with zero attached hydrogens (tertiary/aromatic N) is 3. The third kappa shape index (κ3) is 3.54. The number of nitrogens with one attached hydrogen (secondary N) is 1. The van der Waals surface area contributed by atoms with Gasteiger partial charge in [-0.3, -0.25) is 4.68 Å². The Morgan fingerprint density at radius 1 is 1.47 bits per heavy atom. The molecule has 0 bridgehead atoms. The van der Waals surface area contributed by atoms with E-state index in [1.807, 2.05) is 11.7 Å². The highest BCUT2D eigenvalue weighted by Gasteiger charge is 2.21. The fourth-order valence-corrected chi connectivity index (χ4v) is 1.71. The first kappa shape index (κ1) is 14.2. The molecule has 0 aromatic carbocycles. The van der Waals surface area contributed by atoms with E-state index in [4.69, 9.17) is 0 Å². The molecule has 0 saturated heterocycles. The highest BCUT2D eigenvalue weighted by molar-refractivity contribution is 5.19. The molecule has 0 aliphatic rings. The van der Waals surface area contributed by atoms with Crippen LogP contribution >= 0.6 is 0 Å². The Labute approximate surface area is 105 Å². The maximum Gasteiger partial charge on any atom is 0.0641 e. The fraction of sp³-hybridized carbons (Fsp3) is 0.769. The van der Waals surface area contributed by atoms with Gasteiger partial charge in [0.2, 0.25) is 0 Å².